The molecule has 2 N–H and O–H groups in total. The van der Waals surface area contributed by atoms with Crippen LogP contribution < -0.4 is 5.73 Å². The molecule has 54 valence electrons. The van der Waals surface area contributed by atoms with E-state index >= 15 is 0 Å². The Morgan fingerprint density at radius 3 is 2.00 bits per heavy atom. The van der Waals surface area contributed by atoms with Crippen LogP contribution in [-0.2, 0) is 0 Å². The summed E-state index contributed by atoms with van der Waals surface area (Å²) in [5, 5.41) is 0.606. The summed E-state index contributed by atoms with van der Waals surface area (Å²) >= 11 is 11.2. The molecule has 0 saturated heterocycles. The maximum Gasteiger partial charge on any atom is 0.222 e. The topological polar surface area (TPSA) is 51.8 Å². The highest BCUT2D eigenvalue weighted by Crippen LogP contribution is 2.19. The minimum atomic E-state index is 0.0978. The molecule has 1 rings (SSSR count). The lowest BCUT2D eigenvalue weighted by Crippen LogP contribution is -1.96. The molecule has 0 unspecified atom stereocenters. The zero-order valence-corrected chi connectivity index (χ0v) is 6.74. The number of hydrogen-bond acceptors (Lipinski definition) is 3. The van der Waals surface area contributed by atoms with Crippen molar-refractivity contribution in [3.63, 3.8) is 0 Å². The maximum atomic E-state index is 5.60. The summed E-state index contributed by atoms with van der Waals surface area (Å²) in [4.78, 5) is 7.36. The summed E-state index contributed by atoms with van der Waals surface area (Å²) < 4.78 is 0. The Hall–Kier alpha value is -0.540. The Bertz CT molecular complexity index is 238. The van der Waals surface area contributed by atoms with E-state index in [9.17, 15) is 0 Å². The predicted molar refractivity (Wildman–Crippen MR) is 41.2 cm³/mol. The van der Waals surface area contributed by atoms with Crippen molar-refractivity contribution in [2.75, 3.05) is 5.73 Å². The van der Waals surface area contributed by atoms with Gasteiger partial charge in [-0.3, -0.25) is 0 Å². The summed E-state index contributed by atoms with van der Waals surface area (Å²) in [7, 11) is 0. The Kier molecular flexibility index (Phi) is 1.97. The standard InChI is InChI=1S/C5H5Cl2N3/c1-2-3(6)9-5(8)10-4(2)7/h1H3,(H2,8,9,10). The average molecular weight is 178 g/mol. The molecular formula is C5H5Cl2N3. The quantitative estimate of drug-likeness (QED) is 0.614. The van der Waals surface area contributed by atoms with Gasteiger partial charge in [-0.2, -0.15) is 0 Å². The lowest BCUT2D eigenvalue weighted by Gasteiger charge is -1.98. The zero-order valence-electron chi connectivity index (χ0n) is 5.23. The number of anilines is 1. The number of nitrogens with zero attached hydrogens (tertiary/aromatic N) is 2. The number of nitrogens with two attached hydrogens (primary N) is 1. The number of aromatic nitrogens is 2. The van der Waals surface area contributed by atoms with Gasteiger partial charge in [0, 0.05) is 5.56 Å². The van der Waals surface area contributed by atoms with Gasteiger partial charge >= 0.3 is 0 Å². The van der Waals surface area contributed by atoms with Gasteiger partial charge < -0.3 is 5.73 Å². The molecule has 0 amide bonds. The molecular weight excluding hydrogens is 173 g/mol. The number of nitrogen functional groups attached to an aromatic ring is 1. The second-order valence-electron chi connectivity index (χ2n) is 1.79. The molecule has 10 heavy (non-hydrogen) atoms. The molecule has 0 aliphatic heterocycles. The van der Waals surface area contributed by atoms with Crippen molar-refractivity contribution in [1.29, 1.82) is 0 Å². The van der Waals surface area contributed by atoms with Crippen LogP contribution in [0.15, 0.2) is 0 Å². The smallest absolute Gasteiger partial charge is 0.222 e. The van der Waals surface area contributed by atoms with Gasteiger partial charge in [0.15, 0.2) is 0 Å². The van der Waals surface area contributed by atoms with E-state index in [1.54, 1.807) is 6.92 Å². The summed E-state index contributed by atoms with van der Waals surface area (Å²) in [5.41, 5.74) is 5.89. The first kappa shape index (κ1) is 7.57. The second kappa shape index (κ2) is 2.60. The van der Waals surface area contributed by atoms with Crippen molar-refractivity contribution in [1.82, 2.24) is 9.97 Å². The first-order valence-corrected chi connectivity index (χ1v) is 3.32. The third kappa shape index (κ3) is 1.30. The molecule has 1 heterocycles. The minimum absolute atomic E-state index is 0.0978. The van der Waals surface area contributed by atoms with Crippen LogP contribution in [-0.4, -0.2) is 9.97 Å². The third-order valence-corrected chi connectivity index (χ3v) is 1.78. The van der Waals surface area contributed by atoms with Gasteiger partial charge in [-0.05, 0) is 6.92 Å². The zero-order chi connectivity index (χ0) is 7.72. The highest BCUT2D eigenvalue weighted by atomic mass is 35.5. The van der Waals surface area contributed by atoms with Gasteiger partial charge in [0.1, 0.15) is 10.3 Å². The van der Waals surface area contributed by atoms with Crippen LogP contribution in [0.1, 0.15) is 5.56 Å². The molecule has 1 aromatic rings. The van der Waals surface area contributed by atoms with Crippen LogP contribution in [0.2, 0.25) is 10.3 Å². The molecule has 0 fully saturated rings. The summed E-state index contributed by atoms with van der Waals surface area (Å²) in [5.74, 6) is 0.0978. The Morgan fingerprint density at radius 2 is 1.60 bits per heavy atom. The van der Waals surface area contributed by atoms with Gasteiger partial charge in [0.2, 0.25) is 5.95 Å². The highest BCUT2D eigenvalue weighted by molar-refractivity contribution is 6.34. The molecule has 1 aromatic heterocycles. The summed E-state index contributed by atoms with van der Waals surface area (Å²) in [6.07, 6.45) is 0. The summed E-state index contributed by atoms with van der Waals surface area (Å²) in [6.45, 7) is 1.73. The predicted octanol–water partition coefficient (Wildman–Crippen LogP) is 1.67. The number of rotatable bonds is 0. The lowest BCUT2D eigenvalue weighted by molar-refractivity contribution is 1.15. The molecule has 3 nitrogen and oxygen atoms in total. The van der Waals surface area contributed by atoms with E-state index in [0.717, 1.165) is 0 Å². The first-order valence-electron chi connectivity index (χ1n) is 2.56. The Balaban J connectivity index is 3.31. The van der Waals surface area contributed by atoms with E-state index in [4.69, 9.17) is 28.9 Å². The highest BCUT2D eigenvalue weighted by Gasteiger charge is 2.03. The van der Waals surface area contributed by atoms with Crippen molar-refractivity contribution in [3.05, 3.63) is 15.9 Å². The van der Waals surface area contributed by atoms with E-state index in [-0.39, 0.29) is 5.95 Å². The largest absolute Gasteiger partial charge is 0.368 e. The normalized spacial score (nSPS) is 9.90. The van der Waals surface area contributed by atoms with Crippen LogP contribution in [0.25, 0.3) is 0 Å². The Labute approximate surface area is 68.2 Å². The molecule has 0 saturated carbocycles. The molecule has 0 aromatic carbocycles. The minimum Gasteiger partial charge on any atom is -0.368 e. The lowest BCUT2D eigenvalue weighted by atomic mass is 10.4. The van der Waals surface area contributed by atoms with Crippen LogP contribution >= 0.6 is 23.2 Å². The van der Waals surface area contributed by atoms with E-state index < -0.39 is 0 Å². The third-order valence-electron chi connectivity index (χ3n) is 1.04. The molecule has 5 heteroatoms. The monoisotopic (exact) mass is 177 g/mol. The van der Waals surface area contributed by atoms with Crippen molar-refractivity contribution >= 4 is 29.2 Å². The number of hydrogen-bond donors (Lipinski definition) is 1. The van der Waals surface area contributed by atoms with Crippen LogP contribution in [0.5, 0.6) is 0 Å². The van der Waals surface area contributed by atoms with Gasteiger partial charge in [-0.25, -0.2) is 9.97 Å². The van der Waals surface area contributed by atoms with E-state index in [2.05, 4.69) is 9.97 Å². The fourth-order valence-corrected chi connectivity index (χ4v) is 0.880. The molecule has 0 atom stereocenters. The van der Waals surface area contributed by atoms with Crippen LogP contribution in [0, 0.1) is 6.92 Å². The van der Waals surface area contributed by atoms with Crippen molar-refractivity contribution in [2.45, 2.75) is 6.92 Å². The van der Waals surface area contributed by atoms with Crippen molar-refractivity contribution in [2.24, 2.45) is 0 Å². The van der Waals surface area contributed by atoms with Crippen molar-refractivity contribution < 1.29 is 0 Å². The molecule has 0 aliphatic carbocycles. The van der Waals surface area contributed by atoms with Gasteiger partial charge in [-0.15, -0.1) is 0 Å². The summed E-state index contributed by atoms with van der Waals surface area (Å²) in [6, 6.07) is 0. The Morgan fingerprint density at radius 1 is 1.20 bits per heavy atom. The fraction of sp³-hybridized carbons (Fsp3) is 0.200. The SMILES string of the molecule is Cc1c(Cl)nc(N)nc1Cl. The maximum absolute atomic E-state index is 5.60. The molecule has 0 radical (unpaired) electrons. The molecule has 0 spiro atoms. The van der Waals surface area contributed by atoms with Crippen molar-refractivity contribution in [3.8, 4) is 0 Å². The van der Waals surface area contributed by atoms with Crippen LogP contribution in [0.4, 0.5) is 5.95 Å². The van der Waals surface area contributed by atoms with E-state index in [1.165, 1.54) is 0 Å². The molecule has 0 aliphatic rings. The van der Waals surface area contributed by atoms with Gasteiger partial charge in [0.05, 0.1) is 0 Å². The second-order valence-corrected chi connectivity index (χ2v) is 2.50. The first-order chi connectivity index (χ1) is 4.61. The number of halogens is 2. The van der Waals surface area contributed by atoms with Crippen LogP contribution in [0.3, 0.4) is 0 Å². The molecule has 0 bridgehead atoms. The van der Waals surface area contributed by atoms with Gasteiger partial charge in [-0.1, -0.05) is 23.2 Å². The van der Waals surface area contributed by atoms with E-state index in [0.29, 0.717) is 15.9 Å². The fourth-order valence-electron chi connectivity index (χ4n) is 0.479. The average Bonchev–Trinajstić information content (AvgIpc) is 1.82. The van der Waals surface area contributed by atoms with Gasteiger partial charge in [0.25, 0.3) is 0 Å². The van der Waals surface area contributed by atoms with E-state index in [1.807, 2.05) is 0 Å².